The molecule has 0 spiro atoms. The molecule has 0 radical (unpaired) electrons. The first-order valence-corrected chi connectivity index (χ1v) is 6.21. The lowest BCUT2D eigenvalue weighted by atomic mass is 10.3. The number of aromatic nitrogens is 1. The van der Waals surface area contributed by atoms with E-state index in [1.807, 2.05) is 6.07 Å². The second kappa shape index (κ2) is 5.65. The van der Waals surface area contributed by atoms with Gasteiger partial charge >= 0.3 is 0 Å². The minimum Gasteiger partial charge on any atom is -0.444 e. The van der Waals surface area contributed by atoms with Crippen molar-refractivity contribution in [3.63, 3.8) is 0 Å². The monoisotopic (exact) mass is 307 g/mol. The van der Waals surface area contributed by atoms with Crippen molar-refractivity contribution in [2.24, 2.45) is 0 Å². The molecule has 2 aromatic rings. The van der Waals surface area contributed by atoms with E-state index in [4.69, 9.17) is 9.68 Å². The van der Waals surface area contributed by atoms with E-state index in [-0.39, 0.29) is 5.76 Å². The van der Waals surface area contributed by atoms with Crippen LogP contribution in [0.3, 0.4) is 0 Å². The van der Waals surface area contributed by atoms with Gasteiger partial charge in [-0.3, -0.25) is 0 Å². The predicted octanol–water partition coefficient (Wildman–Crippen LogP) is 2.85. The zero-order chi connectivity index (χ0) is 13.0. The Morgan fingerprint density at radius 3 is 3.17 bits per heavy atom. The van der Waals surface area contributed by atoms with Gasteiger partial charge in [-0.1, -0.05) is 0 Å². The van der Waals surface area contributed by atoms with E-state index in [9.17, 15) is 4.79 Å². The Balaban J connectivity index is 2.22. The second-order valence-corrected chi connectivity index (χ2v) is 4.45. The quantitative estimate of drug-likeness (QED) is 0.678. The third-order valence-electron chi connectivity index (χ3n) is 2.42. The molecule has 0 aliphatic rings. The average molecular weight is 308 g/mol. The third-order valence-corrected chi connectivity index (χ3v) is 3.22. The van der Waals surface area contributed by atoms with Gasteiger partial charge in [0.25, 0.3) is 0 Å². The molecule has 2 heterocycles. The molecule has 6 heteroatoms. The topological polar surface area (TPSA) is 78.9 Å². The summed E-state index contributed by atoms with van der Waals surface area (Å²) in [5.74, 6) is 0.935. The Morgan fingerprint density at radius 2 is 2.44 bits per heavy atom. The molecule has 18 heavy (non-hydrogen) atoms. The number of nitrogens with one attached hydrogen (secondary N) is 1. The SMILES string of the molecule is N#Cc1cc2c(Br)c(NCCCC=O)ncc2o1. The van der Waals surface area contributed by atoms with Crippen molar-refractivity contribution >= 4 is 39.0 Å². The van der Waals surface area contributed by atoms with E-state index in [1.54, 1.807) is 12.3 Å². The molecule has 2 rings (SSSR count). The highest BCUT2D eigenvalue weighted by Crippen LogP contribution is 2.31. The van der Waals surface area contributed by atoms with E-state index in [0.717, 1.165) is 22.6 Å². The van der Waals surface area contributed by atoms with E-state index in [0.29, 0.717) is 24.4 Å². The van der Waals surface area contributed by atoms with Gasteiger partial charge < -0.3 is 14.5 Å². The summed E-state index contributed by atoms with van der Waals surface area (Å²) in [4.78, 5) is 14.4. The predicted molar refractivity (Wildman–Crippen MR) is 70.2 cm³/mol. The molecule has 0 fully saturated rings. The van der Waals surface area contributed by atoms with Crippen molar-refractivity contribution in [3.8, 4) is 6.07 Å². The fourth-order valence-electron chi connectivity index (χ4n) is 1.55. The molecule has 0 atom stereocenters. The smallest absolute Gasteiger partial charge is 0.204 e. The summed E-state index contributed by atoms with van der Waals surface area (Å²) in [6, 6.07) is 3.61. The molecule has 0 saturated heterocycles. The van der Waals surface area contributed by atoms with E-state index in [2.05, 4.69) is 26.2 Å². The fourth-order valence-corrected chi connectivity index (χ4v) is 2.10. The lowest BCUT2D eigenvalue weighted by Crippen LogP contribution is -2.04. The summed E-state index contributed by atoms with van der Waals surface area (Å²) in [7, 11) is 0. The molecule has 0 aromatic carbocycles. The first-order valence-electron chi connectivity index (χ1n) is 5.42. The number of pyridine rings is 1. The molecule has 92 valence electrons. The summed E-state index contributed by atoms with van der Waals surface area (Å²) >= 11 is 3.43. The molecular formula is C12H10BrN3O2. The van der Waals surface area contributed by atoms with Gasteiger partial charge in [0.05, 0.1) is 10.7 Å². The molecule has 2 aromatic heterocycles. The van der Waals surface area contributed by atoms with Gasteiger partial charge in [0.15, 0.2) is 5.58 Å². The number of aldehydes is 1. The van der Waals surface area contributed by atoms with Gasteiger partial charge in [-0.2, -0.15) is 5.26 Å². The fraction of sp³-hybridized carbons (Fsp3) is 0.250. The number of hydrogen-bond acceptors (Lipinski definition) is 5. The number of anilines is 1. The van der Waals surface area contributed by atoms with Crippen molar-refractivity contribution in [2.45, 2.75) is 12.8 Å². The standard InChI is InChI=1S/C12H10BrN3O2/c13-11-9-5-8(6-14)18-10(9)7-16-12(11)15-3-1-2-4-17/h4-5,7H,1-3H2,(H,15,16). The van der Waals surface area contributed by atoms with Gasteiger partial charge in [0.2, 0.25) is 5.76 Å². The summed E-state index contributed by atoms with van der Waals surface area (Å²) in [6.07, 6.45) is 3.74. The maximum absolute atomic E-state index is 10.2. The summed E-state index contributed by atoms with van der Waals surface area (Å²) < 4.78 is 6.03. The maximum Gasteiger partial charge on any atom is 0.204 e. The van der Waals surface area contributed by atoms with Gasteiger partial charge in [-0.15, -0.1) is 0 Å². The number of rotatable bonds is 5. The summed E-state index contributed by atoms with van der Waals surface area (Å²) in [5.41, 5.74) is 0.567. The normalized spacial score (nSPS) is 10.2. The van der Waals surface area contributed by atoms with Crippen LogP contribution in [0.4, 0.5) is 5.82 Å². The second-order valence-electron chi connectivity index (χ2n) is 3.66. The number of nitriles is 1. The van der Waals surface area contributed by atoms with Crippen LogP contribution in [0, 0.1) is 11.3 Å². The Kier molecular flexibility index (Phi) is 3.95. The average Bonchev–Trinajstić information content (AvgIpc) is 2.81. The molecule has 0 aliphatic heterocycles. The highest BCUT2D eigenvalue weighted by Gasteiger charge is 2.11. The number of furan rings is 1. The van der Waals surface area contributed by atoms with Crippen LogP contribution in [0.5, 0.6) is 0 Å². The first-order chi connectivity index (χ1) is 8.76. The van der Waals surface area contributed by atoms with Gasteiger partial charge in [-0.25, -0.2) is 4.98 Å². The largest absolute Gasteiger partial charge is 0.444 e. The zero-order valence-corrected chi connectivity index (χ0v) is 11.0. The van der Waals surface area contributed by atoms with Crippen LogP contribution in [0.2, 0.25) is 0 Å². The van der Waals surface area contributed by atoms with Crippen molar-refractivity contribution in [1.82, 2.24) is 4.98 Å². The molecule has 0 amide bonds. The van der Waals surface area contributed by atoms with Crippen LogP contribution >= 0.6 is 15.9 Å². The summed E-state index contributed by atoms with van der Waals surface area (Å²) in [6.45, 7) is 0.665. The molecule has 0 unspecified atom stereocenters. The van der Waals surface area contributed by atoms with Crippen molar-refractivity contribution < 1.29 is 9.21 Å². The van der Waals surface area contributed by atoms with Crippen molar-refractivity contribution in [1.29, 1.82) is 5.26 Å². The third kappa shape index (κ3) is 2.51. The Labute approximate surface area is 112 Å². The lowest BCUT2D eigenvalue weighted by molar-refractivity contribution is -0.107. The molecule has 0 saturated carbocycles. The van der Waals surface area contributed by atoms with Crippen LogP contribution in [0.25, 0.3) is 11.0 Å². The van der Waals surface area contributed by atoms with Crippen LogP contribution in [-0.2, 0) is 4.79 Å². The van der Waals surface area contributed by atoms with Crippen molar-refractivity contribution in [3.05, 3.63) is 22.5 Å². The maximum atomic E-state index is 10.2. The lowest BCUT2D eigenvalue weighted by Gasteiger charge is -2.06. The van der Waals surface area contributed by atoms with Crippen LogP contribution < -0.4 is 5.32 Å². The van der Waals surface area contributed by atoms with Crippen LogP contribution in [0.15, 0.2) is 21.2 Å². The Bertz CT molecular complexity index is 616. The van der Waals surface area contributed by atoms with E-state index < -0.39 is 0 Å². The summed E-state index contributed by atoms with van der Waals surface area (Å²) in [5, 5.41) is 12.7. The van der Waals surface area contributed by atoms with Crippen molar-refractivity contribution in [2.75, 3.05) is 11.9 Å². The highest BCUT2D eigenvalue weighted by atomic mass is 79.9. The minimum atomic E-state index is 0.255. The van der Waals surface area contributed by atoms with Crippen LogP contribution in [-0.4, -0.2) is 17.8 Å². The molecule has 1 N–H and O–H groups in total. The van der Waals surface area contributed by atoms with Crippen LogP contribution in [0.1, 0.15) is 18.6 Å². The number of halogens is 1. The molecule has 5 nitrogen and oxygen atoms in total. The molecular weight excluding hydrogens is 298 g/mol. The number of unbranched alkanes of at least 4 members (excludes halogenated alkanes) is 1. The minimum absolute atomic E-state index is 0.255. The molecule has 0 bridgehead atoms. The number of hydrogen-bond donors (Lipinski definition) is 1. The van der Waals surface area contributed by atoms with E-state index >= 15 is 0 Å². The number of fused-ring (bicyclic) bond motifs is 1. The Hall–Kier alpha value is -1.87. The van der Waals surface area contributed by atoms with Gasteiger partial charge in [0.1, 0.15) is 18.2 Å². The number of carbonyl (C=O) groups is 1. The number of carbonyl (C=O) groups excluding carboxylic acids is 1. The van der Waals surface area contributed by atoms with Gasteiger partial charge in [-0.05, 0) is 22.4 Å². The Morgan fingerprint density at radius 1 is 1.61 bits per heavy atom. The number of nitrogens with zero attached hydrogens (tertiary/aromatic N) is 2. The molecule has 0 aliphatic carbocycles. The zero-order valence-electron chi connectivity index (χ0n) is 9.44. The highest BCUT2D eigenvalue weighted by molar-refractivity contribution is 9.10. The van der Waals surface area contributed by atoms with Gasteiger partial charge in [0, 0.05) is 24.4 Å². The van der Waals surface area contributed by atoms with E-state index in [1.165, 1.54) is 0 Å². The first kappa shape index (κ1) is 12.6.